The lowest BCUT2D eigenvalue weighted by Gasteiger charge is -2.14. The van der Waals surface area contributed by atoms with Crippen LogP contribution in [0.5, 0.6) is 0 Å². The molecule has 0 atom stereocenters. The van der Waals surface area contributed by atoms with E-state index in [0.717, 1.165) is 5.69 Å². The van der Waals surface area contributed by atoms with Crippen molar-refractivity contribution in [3.8, 4) is 0 Å². The summed E-state index contributed by atoms with van der Waals surface area (Å²) in [6.45, 7) is 8.82. The first kappa shape index (κ1) is 16.9. The molecule has 2 N–H and O–H groups in total. The third-order valence-electron chi connectivity index (χ3n) is 3.95. The van der Waals surface area contributed by atoms with E-state index in [9.17, 15) is 0 Å². The zero-order valence-corrected chi connectivity index (χ0v) is 15.1. The number of benzene rings is 2. The summed E-state index contributed by atoms with van der Waals surface area (Å²) in [5.41, 5.74) is 5.83. The van der Waals surface area contributed by atoms with Gasteiger partial charge in [-0.05, 0) is 44.4 Å². The molecule has 2 aromatic carbocycles. The molecule has 0 saturated heterocycles. The van der Waals surface area contributed by atoms with Crippen LogP contribution in [0.25, 0.3) is 0 Å². The third kappa shape index (κ3) is 4.32. The third-order valence-corrected chi connectivity index (χ3v) is 3.95. The lowest BCUT2D eigenvalue weighted by Crippen LogP contribution is -2.09. The highest BCUT2D eigenvalue weighted by molar-refractivity contribution is 5.64. The molecule has 0 aliphatic carbocycles. The topological polar surface area (TPSA) is 62.7 Å². The van der Waals surface area contributed by atoms with Crippen molar-refractivity contribution < 1.29 is 0 Å². The van der Waals surface area contributed by atoms with Crippen LogP contribution in [0.2, 0.25) is 0 Å². The van der Waals surface area contributed by atoms with Crippen molar-refractivity contribution in [3.05, 3.63) is 70.5 Å². The van der Waals surface area contributed by atoms with E-state index in [-0.39, 0.29) is 0 Å². The zero-order chi connectivity index (χ0) is 17.8. The van der Waals surface area contributed by atoms with Gasteiger partial charge in [0.15, 0.2) is 0 Å². The van der Waals surface area contributed by atoms with E-state index >= 15 is 0 Å². The van der Waals surface area contributed by atoms with E-state index in [1.165, 1.54) is 22.3 Å². The summed E-state index contributed by atoms with van der Waals surface area (Å²) in [6.07, 6.45) is 0. The molecule has 1 heterocycles. The van der Waals surface area contributed by atoms with Crippen molar-refractivity contribution in [2.24, 2.45) is 0 Å². The zero-order valence-electron chi connectivity index (χ0n) is 15.1. The number of nitrogens with one attached hydrogen (secondary N) is 2. The molecule has 128 valence electrons. The van der Waals surface area contributed by atoms with Crippen LogP contribution in [-0.2, 0) is 6.54 Å². The minimum absolute atomic E-state index is 0.554. The van der Waals surface area contributed by atoms with Gasteiger partial charge in [-0.3, -0.25) is 0 Å². The van der Waals surface area contributed by atoms with Crippen molar-refractivity contribution in [1.82, 2.24) is 15.0 Å². The number of nitrogens with zero attached hydrogens (tertiary/aromatic N) is 3. The summed E-state index contributed by atoms with van der Waals surface area (Å²) in [7, 11) is 0. The number of hydrogen-bond donors (Lipinski definition) is 2. The van der Waals surface area contributed by atoms with Crippen molar-refractivity contribution >= 4 is 17.6 Å². The monoisotopic (exact) mass is 333 g/mol. The highest BCUT2D eigenvalue weighted by Gasteiger charge is 2.08. The van der Waals surface area contributed by atoms with Crippen molar-refractivity contribution in [3.63, 3.8) is 0 Å². The maximum atomic E-state index is 4.50. The van der Waals surface area contributed by atoms with Gasteiger partial charge >= 0.3 is 0 Å². The van der Waals surface area contributed by atoms with Crippen LogP contribution in [0.15, 0.2) is 42.5 Å². The van der Waals surface area contributed by atoms with Crippen molar-refractivity contribution in [1.29, 1.82) is 0 Å². The molecule has 1 aromatic heterocycles. The second kappa shape index (κ2) is 7.30. The fourth-order valence-electron chi connectivity index (χ4n) is 2.88. The SMILES string of the molecule is Cc1cc(C)c(Nc2nc(C)nc(NCc3ccccc3)n2)c(C)c1. The molecule has 0 unspecified atom stereocenters. The van der Waals surface area contributed by atoms with Crippen LogP contribution in [-0.4, -0.2) is 15.0 Å². The molecular formula is C20H23N5. The van der Waals surface area contributed by atoms with Gasteiger partial charge in [-0.1, -0.05) is 48.0 Å². The Balaban J connectivity index is 1.80. The Labute approximate surface area is 148 Å². The van der Waals surface area contributed by atoms with Gasteiger partial charge in [0.1, 0.15) is 5.82 Å². The Bertz CT molecular complexity index is 852. The van der Waals surface area contributed by atoms with Crippen molar-refractivity contribution in [2.45, 2.75) is 34.2 Å². The quantitative estimate of drug-likeness (QED) is 0.722. The summed E-state index contributed by atoms with van der Waals surface area (Å²) in [5.74, 6) is 1.80. The second-order valence-corrected chi connectivity index (χ2v) is 6.27. The van der Waals surface area contributed by atoms with Gasteiger partial charge < -0.3 is 10.6 Å². The predicted molar refractivity (Wildman–Crippen MR) is 102 cm³/mol. The first-order valence-electron chi connectivity index (χ1n) is 8.36. The molecule has 0 aliphatic heterocycles. The molecule has 5 heteroatoms. The molecule has 25 heavy (non-hydrogen) atoms. The molecule has 0 radical (unpaired) electrons. The van der Waals surface area contributed by atoms with Gasteiger partial charge in [0.25, 0.3) is 0 Å². The summed E-state index contributed by atoms with van der Waals surface area (Å²) >= 11 is 0. The number of anilines is 3. The first-order valence-corrected chi connectivity index (χ1v) is 8.36. The minimum atomic E-state index is 0.554. The average molecular weight is 333 g/mol. The first-order chi connectivity index (χ1) is 12.0. The van der Waals surface area contributed by atoms with Gasteiger partial charge in [0, 0.05) is 12.2 Å². The Hall–Kier alpha value is -2.95. The van der Waals surface area contributed by atoms with E-state index in [4.69, 9.17) is 0 Å². The minimum Gasteiger partial charge on any atom is -0.350 e. The second-order valence-electron chi connectivity index (χ2n) is 6.27. The maximum absolute atomic E-state index is 4.50. The molecule has 3 aromatic rings. The van der Waals surface area contributed by atoms with Gasteiger partial charge in [0.2, 0.25) is 11.9 Å². The Morgan fingerprint density at radius 2 is 1.44 bits per heavy atom. The van der Waals surface area contributed by atoms with Crippen LogP contribution >= 0.6 is 0 Å². The Morgan fingerprint density at radius 1 is 0.800 bits per heavy atom. The fourth-order valence-corrected chi connectivity index (χ4v) is 2.88. The number of aromatic nitrogens is 3. The van der Waals surface area contributed by atoms with Crippen LogP contribution in [0.4, 0.5) is 17.6 Å². The fraction of sp³-hybridized carbons (Fsp3) is 0.250. The molecule has 0 fully saturated rings. The molecule has 0 spiro atoms. The number of rotatable bonds is 5. The lowest BCUT2D eigenvalue weighted by atomic mass is 10.1. The molecule has 3 rings (SSSR count). The molecule has 0 aliphatic rings. The molecule has 0 bridgehead atoms. The normalized spacial score (nSPS) is 10.6. The lowest BCUT2D eigenvalue weighted by molar-refractivity contribution is 0.958. The molecular weight excluding hydrogens is 310 g/mol. The smallest absolute Gasteiger partial charge is 0.232 e. The molecule has 0 amide bonds. The van der Waals surface area contributed by atoms with Crippen LogP contribution < -0.4 is 10.6 Å². The highest BCUT2D eigenvalue weighted by Crippen LogP contribution is 2.24. The largest absolute Gasteiger partial charge is 0.350 e. The van der Waals surface area contributed by atoms with Gasteiger partial charge in [0.05, 0.1) is 0 Å². The molecule has 0 saturated carbocycles. The molecule has 5 nitrogen and oxygen atoms in total. The van der Waals surface area contributed by atoms with Crippen LogP contribution in [0.1, 0.15) is 28.1 Å². The van der Waals surface area contributed by atoms with Gasteiger partial charge in [-0.2, -0.15) is 15.0 Å². The van der Waals surface area contributed by atoms with E-state index in [1.807, 2.05) is 25.1 Å². The maximum Gasteiger partial charge on any atom is 0.232 e. The van der Waals surface area contributed by atoms with E-state index in [0.29, 0.717) is 24.3 Å². The van der Waals surface area contributed by atoms with Crippen LogP contribution in [0, 0.1) is 27.7 Å². The highest BCUT2D eigenvalue weighted by atomic mass is 15.2. The Morgan fingerprint density at radius 3 is 2.12 bits per heavy atom. The number of hydrogen-bond acceptors (Lipinski definition) is 5. The van der Waals surface area contributed by atoms with E-state index < -0.39 is 0 Å². The van der Waals surface area contributed by atoms with Gasteiger partial charge in [-0.15, -0.1) is 0 Å². The summed E-state index contributed by atoms with van der Waals surface area (Å²) in [5, 5.41) is 6.61. The summed E-state index contributed by atoms with van der Waals surface area (Å²) in [6, 6.07) is 14.5. The standard InChI is InChI=1S/C20H23N5/c1-13-10-14(2)18(15(3)11-13)24-20-23-16(4)22-19(25-20)21-12-17-8-6-5-7-9-17/h5-11H,12H2,1-4H3,(H2,21,22,23,24,25). The Kier molecular flexibility index (Phi) is 4.93. The average Bonchev–Trinajstić information content (AvgIpc) is 2.57. The summed E-state index contributed by atoms with van der Waals surface area (Å²) in [4.78, 5) is 13.3. The van der Waals surface area contributed by atoms with E-state index in [1.54, 1.807) is 0 Å². The number of aryl methyl sites for hydroxylation is 4. The predicted octanol–water partition coefficient (Wildman–Crippen LogP) is 4.46. The van der Waals surface area contributed by atoms with Crippen LogP contribution in [0.3, 0.4) is 0 Å². The summed E-state index contributed by atoms with van der Waals surface area (Å²) < 4.78 is 0. The van der Waals surface area contributed by atoms with Crippen molar-refractivity contribution in [2.75, 3.05) is 10.6 Å². The van der Waals surface area contributed by atoms with Gasteiger partial charge in [-0.25, -0.2) is 0 Å². The van der Waals surface area contributed by atoms with E-state index in [2.05, 4.69) is 70.6 Å².